The van der Waals surface area contributed by atoms with Crippen molar-refractivity contribution in [3.8, 4) is 0 Å². The second kappa shape index (κ2) is 6.49. The molecule has 0 aromatic carbocycles. The molecule has 1 amide bonds. The van der Waals surface area contributed by atoms with Crippen molar-refractivity contribution in [2.24, 2.45) is 5.41 Å². The Morgan fingerprint density at radius 1 is 1.35 bits per heavy atom. The fraction of sp³-hybridized carbons (Fsp3) is 0.692. The summed E-state index contributed by atoms with van der Waals surface area (Å²) < 4.78 is 4.60. The van der Waals surface area contributed by atoms with Crippen LogP contribution in [0.1, 0.15) is 44.3 Å². The molecule has 7 heteroatoms. The minimum absolute atomic E-state index is 0.0747. The molecule has 0 aliphatic heterocycles. The molecule has 1 aromatic heterocycles. The van der Waals surface area contributed by atoms with Crippen LogP contribution in [0.2, 0.25) is 0 Å². The lowest BCUT2D eigenvalue weighted by Crippen LogP contribution is -2.33. The van der Waals surface area contributed by atoms with Crippen LogP contribution in [0.3, 0.4) is 0 Å². The lowest BCUT2D eigenvalue weighted by Gasteiger charge is -2.26. The summed E-state index contributed by atoms with van der Waals surface area (Å²) in [6, 6.07) is 0. The Labute approximate surface area is 116 Å². The van der Waals surface area contributed by atoms with E-state index in [1.54, 1.807) is 0 Å². The quantitative estimate of drug-likeness (QED) is 0.776. The molecule has 0 bridgehead atoms. The number of aliphatic carboxylic acids is 1. The second-order valence-electron chi connectivity index (χ2n) is 5.40. The molecule has 1 fully saturated rings. The Balaban J connectivity index is 1.78. The molecular weight excluding hydrogens is 262 g/mol. The summed E-state index contributed by atoms with van der Waals surface area (Å²) in [5, 5.41) is 15.4. The van der Waals surface area contributed by atoms with Crippen molar-refractivity contribution >= 4 is 11.9 Å². The van der Waals surface area contributed by atoms with Gasteiger partial charge in [0.15, 0.2) is 5.82 Å². The molecule has 1 aliphatic rings. The van der Waals surface area contributed by atoms with Gasteiger partial charge in [0.2, 0.25) is 12.3 Å². The molecule has 1 saturated carbocycles. The number of hydrogen-bond donors (Lipinski definition) is 2. The van der Waals surface area contributed by atoms with Gasteiger partial charge in [-0.25, -0.2) is 0 Å². The van der Waals surface area contributed by atoms with E-state index in [0.717, 1.165) is 25.7 Å². The van der Waals surface area contributed by atoms with Crippen molar-refractivity contribution in [1.29, 1.82) is 0 Å². The van der Waals surface area contributed by atoms with Gasteiger partial charge in [-0.15, -0.1) is 0 Å². The number of carbonyl (C=O) groups excluding carboxylic acids is 1. The first-order valence-corrected chi connectivity index (χ1v) is 6.83. The number of hydrogen-bond acceptors (Lipinski definition) is 5. The van der Waals surface area contributed by atoms with Gasteiger partial charge in [0.05, 0.1) is 6.42 Å². The number of aromatic nitrogens is 2. The van der Waals surface area contributed by atoms with Gasteiger partial charge < -0.3 is 14.9 Å². The first-order chi connectivity index (χ1) is 9.60. The van der Waals surface area contributed by atoms with Crippen LogP contribution in [0, 0.1) is 5.41 Å². The van der Waals surface area contributed by atoms with E-state index in [1.807, 2.05) is 0 Å². The average molecular weight is 281 g/mol. The first kappa shape index (κ1) is 14.5. The van der Waals surface area contributed by atoms with E-state index in [0.29, 0.717) is 18.8 Å². The fourth-order valence-electron chi connectivity index (χ4n) is 2.88. The van der Waals surface area contributed by atoms with Crippen molar-refractivity contribution in [3.05, 3.63) is 12.2 Å². The largest absolute Gasteiger partial charge is 0.481 e. The van der Waals surface area contributed by atoms with E-state index in [9.17, 15) is 9.59 Å². The van der Waals surface area contributed by atoms with E-state index in [2.05, 4.69) is 20.0 Å². The van der Waals surface area contributed by atoms with Crippen molar-refractivity contribution in [1.82, 2.24) is 15.5 Å². The maximum Gasteiger partial charge on any atom is 0.303 e. The normalized spacial score (nSPS) is 17.0. The number of rotatable bonds is 7. The monoisotopic (exact) mass is 281 g/mol. The van der Waals surface area contributed by atoms with Crippen molar-refractivity contribution in [2.75, 3.05) is 6.54 Å². The van der Waals surface area contributed by atoms with Crippen LogP contribution in [-0.4, -0.2) is 33.7 Å². The summed E-state index contributed by atoms with van der Waals surface area (Å²) in [6.07, 6.45) is 5.75. The van der Waals surface area contributed by atoms with Gasteiger partial charge in [0, 0.05) is 19.4 Å². The summed E-state index contributed by atoms with van der Waals surface area (Å²) in [5.41, 5.74) is -0.359. The Morgan fingerprint density at radius 2 is 2.10 bits per heavy atom. The minimum Gasteiger partial charge on any atom is -0.481 e. The molecule has 2 N–H and O–H groups in total. The molecule has 0 unspecified atom stereocenters. The topological polar surface area (TPSA) is 105 Å². The number of nitrogens with zero attached hydrogens (tertiary/aromatic N) is 2. The summed E-state index contributed by atoms with van der Waals surface area (Å²) in [7, 11) is 0. The molecule has 7 nitrogen and oxygen atoms in total. The molecule has 0 radical (unpaired) electrons. The third kappa shape index (κ3) is 4.04. The Morgan fingerprint density at radius 3 is 2.70 bits per heavy atom. The lowest BCUT2D eigenvalue weighted by molar-refractivity contribution is -0.140. The predicted octanol–water partition coefficient (Wildman–Crippen LogP) is 1.15. The van der Waals surface area contributed by atoms with Gasteiger partial charge >= 0.3 is 5.97 Å². The van der Waals surface area contributed by atoms with Crippen LogP contribution < -0.4 is 5.32 Å². The molecule has 110 valence electrons. The van der Waals surface area contributed by atoms with Gasteiger partial charge in [0.1, 0.15) is 0 Å². The zero-order valence-electron chi connectivity index (χ0n) is 11.3. The number of carboxylic acid groups (broad SMARTS) is 1. The summed E-state index contributed by atoms with van der Waals surface area (Å²) in [4.78, 5) is 26.8. The molecule has 2 rings (SSSR count). The molecular formula is C13H19N3O4. The third-order valence-electron chi connectivity index (χ3n) is 3.80. The predicted molar refractivity (Wildman–Crippen MR) is 68.8 cm³/mol. The molecule has 1 aliphatic carbocycles. The highest BCUT2D eigenvalue weighted by Crippen LogP contribution is 2.43. The number of nitrogens with one attached hydrogen (secondary N) is 1. The second-order valence-corrected chi connectivity index (χ2v) is 5.40. The van der Waals surface area contributed by atoms with E-state index >= 15 is 0 Å². The molecule has 1 aromatic rings. The Hall–Kier alpha value is -1.92. The zero-order valence-corrected chi connectivity index (χ0v) is 11.3. The zero-order chi connectivity index (χ0) is 14.4. The van der Waals surface area contributed by atoms with Crippen LogP contribution in [0.4, 0.5) is 0 Å². The van der Waals surface area contributed by atoms with Crippen LogP contribution in [-0.2, 0) is 16.0 Å². The Kier molecular flexibility index (Phi) is 4.70. The number of carboxylic acids is 1. The van der Waals surface area contributed by atoms with Crippen LogP contribution >= 0.6 is 0 Å². The smallest absolute Gasteiger partial charge is 0.303 e. The molecule has 0 spiro atoms. The standard InChI is InChI=1S/C13H19N3O4/c17-11(14-6-3-10-15-9-20-16-10)7-13(8-12(18)19)4-1-2-5-13/h9H,1-8H2,(H,14,17)(H,18,19). The SMILES string of the molecule is O=C(O)CC1(CC(=O)NCCc2ncon2)CCCC1. The maximum absolute atomic E-state index is 11.9. The van der Waals surface area contributed by atoms with E-state index in [1.165, 1.54) is 6.39 Å². The summed E-state index contributed by atoms with van der Waals surface area (Å²) in [6.45, 7) is 0.432. The number of amides is 1. The van der Waals surface area contributed by atoms with Crippen molar-refractivity contribution in [2.45, 2.75) is 44.9 Å². The van der Waals surface area contributed by atoms with Crippen LogP contribution in [0.5, 0.6) is 0 Å². The number of carbonyl (C=O) groups is 2. The maximum atomic E-state index is 11.9. The Bertz CT molecular complexity index is 452. The third-order valence-corrected chi connectivity index (χ3v) is 3.80. The first-order valence-electron chi connectivity index (χ1n) is 6.83. The summed E-state index contributed by atoms with van der Waals surface area (Å²) >= 11 is 0. The van der Waals surface area contributed by atoms with Gasteiger partial charge in [0.25, 0.3) is 0 Å². The van der Waals surface area contributed by atoms with Gasteiger partial charge in [-0.3, -0.25) is 9.59 Å². The average Bonchev–Trinajstić information content (AvgIpc) is 3.00. The minimum atomic E-state index is -0.827. The van der Waals surface area contributed by atoms with Gasteiger partial charge in [-0.05, 0) is 18.3 Å². The highest BCUT2D eigenvalue weighted by Gasteiger charge is 2.37. The molecule has 1 heterocycles. The fourth-order valence-corrected chi connectivity index (χ4v) is 2.88. The van der Waals surface area contributed by atoms with E-state index in [-0.39, 0.29) is 24.2 Å². The van der Waals surface area contributed by atoms with Gasteiger partial charge in [-0.1, -0.05) is 18.0 Å². The van der Waals surface area contributed by atoms with Gasteiger partial charge in [-0.2, -0.15) is 4.98 Å². The van der Waals surface area contributed by atoms with Crippen LogP contribution in [0.15, 0.2) is 10.9 Å². The van der Waals surface area contributed by atoms with Crippen molar-refractivity contribution in [3.63, 3.8) is 0 Å². The lowest BCUT2D eigenvalue weighted by atomic mass is 9.79. The molecule has 0 saturated heterocycles. The highest BCUT2D eigenvalue weighted by molar-refractivity contribution is 5.78. The molecule has 0 atom stereocenters. The highest BCUT2D eigenvalue weighted by atomic mass is 16.5. The van der Waals surface area contributed by atoms with E-state index < -0.39 is 5.97 Å². The van der Waals surface area contributed by atoms with Crippen LogP contribution in [0.25, 0.3) is 0 Å². The van der Waals surface area contributed by atoms with E-state index in [4.69, 9.17) is 5.11 Å². The summed E-state index contributed by atoms with van der Waals surface area (Å²) in [5.74, 6) is -0.380. The van der Waals surface area contributed by atoms with Crippen molar-refractivity contribution < 1.29 is 19.2 Å². The molecule has 20 heavy (non-hydrogen) atoms.